The number of ether oxygens (including phenoxy) is 2. The van der Waals surface area contributed by atoms with Crippen molar-refractivity contribution in [2.24, 2.45) is 0 Å². The number of carbonyl (C=O) groups excluding carboxylic acids is 2. The highest BCUT2D eigenvalue weighted by atomic mass is 35.5. The number of amides is 2. The van der Waals surface area contributed by atoms with Gasteiger partial charge in [0.05, 0.1) is 30.0 Å². The van der Waals surface area contributed by atoms with Crippen molar-refractivity contribution >= 4 is 46.7 Å². The molecule has 2 saturated heterocycles. The summed E-state index contributed by atoms with van der Waals surface area (Å²) in [6.45, 7) is 2.65. The third-order valence-electron chi connectivity index (χ3n) is 10.2. The first-order valence-corrected chi connectivity index (χ1v) is 18.6. The molecule has 4 aromatic rings. The Morgan fingerprint density at radius 1 is 0.750 bits per heavy atom. The number of aromatic nitrogens is 1. The molecule has 11 heteroatoms. The number of pyridine rings is 1. The van der Waals surface area contributed by atoms with Crippen molar-refractivity contribution in [3.05, 3.63) is 98.5 Å². The molecule has 2 fully saturated rings. The molecule has 4 N–H and O–H groups in total. The largest absolute Gasteiger partial charge is 0.496 e. The molecule has 0 bridgehead atoms. The van der Waals surface area contributed by atoms with Gasteiger partial charge in [-0.3, -0.25) is 9.59 Å². The number of halogens is 2. The summed E-state index contributed by atoms with van der Waals surface area (Å²) in [7, 11) is 3.32. The Labute approximate surface area is 314 Å². The lowest BCUT2D eigenvalue weighted by molar-refractivity contribution is -0.120. The number of hydrogen-bond donors (Lipinski definition) is 4. The van der Waals surface area contributed by atoms with Crippen molar-refractivity contribution in [3.63, 3.8) is 0 Å². The fourth-order valence-electron chi connectivity index (χ4n) is 7.41. The second-order valence-electron chi connectivity index (χ2n) is 13.6. The Kier molecular flexibility index (Phi) is 11.1. The molecule has 3 aromatic carbocycles. The Bertz CT molecular complexity index is 2030. The van der Waals surface area contributed by atoms with E-state index in [0.29, 0.717) is 54.1 Å². The third-order valence-corrected chi connectivity index (χ3v) is 11.0. The number of allylic oxidation sites excluding steroid dienone is 1. The summed E-state index contributed by atoms with van der Waals surface area (Å²) in [6.07, 6.45) is 6.90. The minimum Gasteiger partial charge on any atom is -0.496 e. The van der Waals surface area contributed by atoms with E-state index in [1.165, 1.54) is 16.7 Å². The summed E-state index contributed by atoms with van der Waals surface area (Å²) in [5, 5.41) is 14.1. The number of hydrogen-bond acceptors (Lipinski definition) is 7. The van der Waals surface area contributed by atoms with E-state index in [9.17, 15) is 9.59 Å². The Morgan fingerprint density at radius 3 is 2.06 bits per heavy atom. The molecule has 3 heterocycles. The Hall–Kier alpha value is -4.41. The predicted octanol–water partition coefficient (Wildman–Crippen LogP) is 6.96. The van der Waals surface area contributed by atoms with Crippen LogP contribution in [0, 0.1) is 0 Å². The van der Waals surface area contributed by atoms with E-state index in [4.69, 9.17) is 37.7 Å². The summed E-state index contributed by atoms with van der Waals surface area (Å²) in [4.78, 5) is 27.9. The molecule has 52 heavy (non-hydrogen) atoms. The topological polar surface area (TPSA) is 114 Å². The molecule has 2 aliphatic heterocycles. The first kappa shape index (κ1) is 36.0. The van der Waals surface area contributed by atoms with Crippen LogP contribution in [0.4, 0.5) is 0 Å². The van der Waals surface area contributed by atoms with Crippen molar-refractivity contribution < 1.29 is 19.1 Å². The van der Waals surface area contributed by atoms with Gasteiger partial charge in [-0.1, -0.05) is 71.7 Å². The average molecular weight is 741 g/mol. The zero-order valence-electron chi connectivity index (χ0n) is 29.4. The molecular weight excluding hydrogens is 697 g/mol. The van der Waals surface area contributed by atoms with Gasteiger partial charge in [0.15, 0.2) is 0 Å². The zero-order chi connectivity index (χ0) is 36.2. The molecule has 2 atom stereocenters. The molecule has 3 aliphatic rings. The number of rotatable bonds is 13. The van der Waals surface area contributed by atoms with Gasteiger partial charge in [0, 0.05) is 78.9 Å². The average Bonchev–Trinajstić information content (AvgIpc) is 3.88. The van der Waals surface area contributed by atoms with Crippen molar-refractivity contribution in [2.45, 2.75) is 63.7 Å². The van der Waals surface area contributed by atoms with E-state index in [2.05, 4.69) is 39.5 Å². The summed E-state index contributed by atoms with van der Waals surface area (Å²) in [5.74, 6) is 1.59. The standard InChI is InChI=1S/C41H43Cl2N5O4/c1-51-36-19-34-24(9-10-25(34)18-28(36)21-45-23-30-13-16-38(50)47-30)17-26-5-3-6-31(39(26)42)32-7-4-8-33(40(32)43)35-14-11-27(41(48-35)52-2)20-44-22-29-12-15-37(49)46-29/h3-8,11,14,17-19,29-30,44-45H,9-10,12-13,15-16,20-23H2,1-2H3,(H,46,49)(H,47,50)/b24-17+/t29-,30-/m1/s1. The third kappa shape index (κ3) is 7.83. The highest BCUT2D eigenvalue weighted by Crippen LogP contribution is 2.43. The minimum absolute atomic E-state index is 0.105. The second kappa shape index (κ2) is 16.1. The number of nitrogens with zero attached hydrogens (tertiary/aromatic N) is 1. The Balaban J connectivity index is 1.09. The normalized spacial score (nSPS) is 18.8. The second-order valence-corrected chi connectivity index (χ2v) is 14.4. The van der Waals surface area contributed by atoms with Gasteiger partial charge < -0.3 is 30.7 Å². The molecule has 0 unspecified atom stereocenters. The lowest BCUT2D eigenvalue weighted by atomic mass is 9.97. The van der Waals surface area contributed by atoms with Gasteiger partial charge in [-0.15, -0.1) is 0 Å². The lowest BCUT2D eigenvalue weighted by Crippen LogP contribution is -2.35. The number of fused-ring (bicyclic) bond motifs is 1. The van der Waals surface area contributed by atoms with Crippen LogP contribution in [-0.4, -0.2) is 56.2 Å². The van der Waals surface area contributed by atoms with Crippen molar-refractivity contribution in [2.75, 3.05) is 27.3 Å². The van der Waals surface area contributed by atoms with Crippen LogP contribution in [0.5, 0.6) is 11.6 Å². The maximum atomic E-state index is 11.6. The van der Waals surface area contributed by atoms with Crippen LogP contribution in [0.25, 0.3) is 34.0 Å². The quantitative estimate of drug-likeness (QED) is 0.117. The Morgan fingerprint density at radius 2 is 1.40 bits per heavy atom. The van der Waals surface area contributed by atoms with Gasteiger partial charge in [0.25, 0.3) is 0 Å². The number of methoxy groups -OCH3 is 2. The van der Waals surface area contributed by atoms with Crippen LogP contribution in [0.3, 0.4) is 0 Å². The van der Waals surface area contributed by atoms with Gasteiger partial charge in [0.2, 0.25) is 17.7 Å². The molecule has 1 aromatic heterocycles. The SMILES string of the molecule is COc1cc2c(cc1CNC[C@H]1CCC(=O)N1)CC/C2=C\c1cccc(-c2cccc(-c3ccc(CNC[C@H]4CCC(=O)N4)c(OC)n3)c2Cl)c1Cl. The monoisotopic (exact) mass is 739 g/mol. The molecular formula is C41H43Cl2N5O4. The van der Waals surface area contributed by atoms with Gasteiger partial charge in [-0.25, -0.2) is 4.98 Å². The highest BCUT2D eigenvalue weighted by Gasteiger charge is 2.24. The van der Waals surface area contributed by atoms with E-state index in [0.717, 1.165) is 71.4 Å². The van der Waals surface area contributed by atoms with Crippen molar-refractivity contribution in [1.82, 2.24) is 26.3 Å². The number of carbonyl (C=O) groups is 2. The number of aryl methyl sites for hydroxylation is 1. The maximum Gasteiger partial charge on any atom is 0.220 e. The van der Waals surface area contributed by atoms with Gasteiger partial charge in [-0.2, -0.15) is 0 Å². The van der Waals surface area contributed by atoms with Gasteiger partial charge in [0.1, 0.15) is 5.75 Å². The van der Waals surface area contributed by atoms with Crippen LogP contribution in [0.2, 0.25) is 10.0 Å². The van der Waals surface area contributed by atoms with E-state index < -0.39 is 0 Å². The number of nitrogens with one attached hydrogen (secondary N) is 4. The smallest absolute Gasteiger partial charge is 0.220 e. The first-order chi connectivity index (χ1) is 25.3. The molecule has 0 spiro atoms. The van der Waals surface area contributed by atoms with Crippen LogP contribution < -0.4 is 30.7 Å². The minimum atomic E-state index is 0.105. The summed E-state index contributed by atoms with van der Waals surface area (Å²) in [5.41, 5.74) is 9.74. The van der Waals surface area contributed by atoms with E-state index in [1.807, 2.05) is 48.5 Å². The first-order valence-electron chi connectivity index (χ1n) is 17.8. The molecule has 9 nitrogen and oxygen atoms in total. The molecule has 7 rings (SSSR count). The molecule has 2 amide bonds. The lowest BCUT2D eigenvalue weighted by Gasteiger charge is -2.16. The van der Waals surface area contributed by atoms with Crippen molar-refractivity contribution in [1.29, 1.82) is 0 Å². The van der Waals surface area contributed by atoms with Crippen molar-refractivity contribution in [3.8, 4) is 34.0 Å². The van der Waals surface area contributed by atoms with Gasteiger partial charge >= 0.3 is 0 Å². The van der Waals surface area contributed by atoms with E-state index in [-0.39, 0.29) is 23.9 Å². The van der Waals surface area contributed by atoms with E-state index >= 15 is 0 Å². The van der Waals surface area contributed by atoms with Crippen LogP contribution in [0.15, 0.2) is 60.7 Å². The van der Waals surface area contributed by atoms with Crippen LogP contribution >= 0.6 is 23.2 Å². The number of benzene rings is 3. The summed E-state index contributed by atoms with van der Waals surface area (Å²) in [6, 6.07) is 20.6. The van der Waals surface area contributed by atoms with Crippen LogP contribution in [0.1, 0.15) is 59.9 Å². The zero-order valence-corrected chi connectivity index (χ0v) is 30.9. The molecule has 270 valence electrons. The molecule has 0 radical (unpaired) electrons. The highest BCUT2D eigenvalue weighted by molar-refractivity contribution is 6.38. The van der Waals surface area contributed by atoms with Crippen LogP contribution in [-0.2, 0) is 29.1 Å². The van der Waals surface area contributed by atoms with Gasteiger partial charge in [-0.05, 0) is 66.2 Å². The molecule has 1 aliphatic carbocycles. The fraction of sp³-hybridized carbons (Fsp3) is 0.341. The van der Waals surface area contributed by atoms with E-state index in [1.54, 1.807) is 14.2 Å². The maximum absolute atomic E-state index is 11.6. The summed E-state index contributed by atoms with van der Waals surface area (Å²) >= 11 is 14.3. The summed E-state index contributed by atoms with van der Waals surface area (Å²) < 4.78 is 11.5. The molecule has 0 saturated carbocycles. The predicted molar refractivity (Wildman–Crippen MR) is 207 cm³/mol. The fourth-order valence-corrected chi connectivity index (χ4v) is 8.02.